The zero-order valence-electron chi connectivity index (χ0n) is 11.5. The van der Waals surface area contributed by atoms with Crippen LogP contribution in [0.4, 0.5) is 0 Å². The first-order valence-corrected chi connectivity index (χ1v) is 7.96. The van der Waals surface area contributed by atoms with Gasteiger partial charge in [-0.05, 0) is 26.7 Å². The molecule has 0 saturated carbocycles. The number of rotatable bonds is 3. The van der Waals surface area contributed by atoms with Gasteiger partial charge in [-0.3, -0.25) is 4.79 Å². The van der Waals surface area contributed by atoms with Crippen molar-refractivity contribution in [3.8, 4) is 0 Å². The molecule has 0 bridgehead atoms. The van der Waals surface area contributed by atoms with Crippen LogP contribution in [-0.2, 0) is 14.6 Å². The molecule has 1 aliphatic heterocycles. The van der Waals surface area contributed by atoms with E-state index in [0.717, 1.165) is 6.26 Å². The quantitative estimate of drug-likeness (QED) is 0.323. The number of hydrogen-bond donors (Lipinski definition) is 2. The van der Waals surface area contributed by atoms with Crippen LogP contribution in [0.2, 0.25) is 0 Å². The molecular formula is C11H21N3O4S. The number of amides is 1. The first kappa shape index (κ1) is 15.7. The molecule has 0 aromatic carbocycles. The van der Waals surface area contributed by atoms with Crippen molar-refractivity contribution >= 4 is 21.6 Å². The Hall–Kier alpha value is -1.31. The number of amidine groups is 1. The highest BCUT2D eigenvalue weighted by atomic mass is 32.2. The van der Waals surface area contributed by atoms with Crippen LogP contribution in [0.1, 0.15) is 26.7 Å². The smallest absolute Gasteiger partial charge is 0.243 e. The summed E-state index contributed by atoms with van der Waals surface area (Å²) in [5.41, 5.74) is 5.52. The number of oxime groups is 1. The minimum absolute atomic E-state index is 0.0598. The average Bonchev–Trinajstić information content (AvgIpc) is 2.35. The number of sulfone groups is 1. The lowest BCUT2D eigenvalue weighted by Gasteiger charge is -2.35. The second-order valence-electron chi connectivity index (χ2n) is 5.37. The highest BCUT2D eigenvalue weighted by molar-refractivity contribution is 7.92. The van der Waals surface area contributed by atoms with E-state index in [-0.39, 0.29) is 11.8 Å². The van der Waals surface area contributed by atoms with Crippen molar-refractivity contribution in [2.45, 2.75) is 31.4 Å². The minimum Gasteiger partial charge on any atom is -0.409 e. The Labute approximate surface area is 113 Å². The first-order valence-electron chi connectivity index (χ1n) is 6.07. The Bertz CT molecular complexity index is 476. The van der Waals surface area contributed by atoms with Crippen LogP contribution < -0.4 is 5.73 Å². The summed E-state index contributed by atoms with van der Waals surface area (Å²) >= 11 is 0. The number of nitrogens with two attached hydrogens (primary N) is 1. The lowest BCUT2D eigenvalue weighted by molar-refractivity contribution is -0.134. The number of likely N-dealkylation sites (tertiary alicyclic amines) is 1. The van der Waals surface area contributed by atoms with E-state index in [2.05, 4.69) is 5.16 Å². The largest absolute Gasteiger partial charge is 0.409 e. The molecule has 1 amide bonds. The molecule has 1 saturated heterocycles. The van der Waals surface area contributed by atoms with E-state index >= 15 is 0 Å². The van der Waals surface area contributed by atoms with Crippen molar-refractivity contribution in [2.24, 2.45) is 16.8 Å². The van der Waals surface area contributed by atoms with Gasteiger partial charge in [0.2, 0.25) is 5.91 Å². The fourth-order valence-corrected chi connectivity index (χ4v) is 2.45. The van der Waals surface area contributed by atoms with Crippen LogP contribution >= 0.6 is 0 Å². The molecule has 1 aliphatic rings. The van der Waals surface area contributed by atoms with Crippen LogP contribution in [-0.4, -0.2) is 54.4 Å². The van der Waals surface area contributed by atoms with Gasteiger partial charge in [0.1, 0.15) is 10.6 Å². The topological polar surface area (TPSA) is 113 Å². The maximum atomic E-state index is 12.2. The summed E-state index contributed by atoms with van der Waals surface area (Å²) in [6.07, 6.45) is 2.21. The van der Waals surface area contributed by atoms with Gasteiger partial charge in [-0.1, -0.05) is 5.16 Å². The van der Waals surface area contributed by atoms with Crippen molar-refractivity contribution in [1.82, 2.24) is 4.90 Å². The molecule has 0 aliphatic carbocycles. The predicted molar refractivity (Wildman–Crippen MR) is 71.6 cm³/mol. The van der Waals surface area contributed by atoms with Crippen molar-refractivity contribution < 1.29 is 18.4 Å². The van der Waals surface area contributed by atoms with Crippen molar-refractivity contribution in [2.75, 3.05) is 19.3 Å². The maximum Gasteiger partial charge on any atom is 0.243 e. The zero-order valence-corrected chi connectivity index (χ0v) is 12.3. The average molecular weight is 291 g/mol. The number of carbonyl (C=O) groups excluding carboxylic acids is 1. The third-order valence-corrected chi connectivity index (χ3v) is 5.79. The van der Waals surface area contributed by atoms with Gasteiger partial charge in [0, 0.05) is 25.3 Å². The van der Waals surface area contributed by atoms with Gasteiger partial charge in [0.25, 0.3) is 0 Å². The second-order valence-corrected chi connectivity index (χ2v) is 7.94. The molecule has 7 nitrogen and oxygen atoms in total. The van der Waals surface area contributed by atoms with E-state index in [9.17, 15) is 13.2 Å². The second kappa shape index (κ2) is 5.36. The van der Waals surface area contributed by atoms with E-state index in [4.69, 9.17) is 10.9 Å². The van der Waals surface area contributed by atoms with Gasteiger partial charge >= 0.3 is 0 Å². The molecule has 3 N–H and O–H groups in total. The SMILES string of the molecule is CC(C)(C(=O)N1CCC(C(N)=NO)CC1)S(C)(=O)=O. The van der Waals surface area contributed by atoms with Gasteiger partial charge < -0.3 is 15.8 Å². The third-order valence-electron chi connectivity index (χ3n) is 3.76. The van der Waals surface area contributed by atoms with Crippen LogP contribution in [0.25, 0.3) is 0 Å². The summed E-state index contributed by atoms with van der Waals surface area (Å²) in [7, 11) is -3.47. The van der Waals surface area contributed by atoms with Gasteiger partial charge in [0.15, 0.2) is 9.84 Å². The van der Waals surface area contributed by atoms with Crippen molar-refractivity contribution in [3.05, 3.63) is 0 Å². The molecule has 0 spiro atoms. The highest BCUT2D eigenvalue weighted by Gasteiger charge is 2.42. The molecule has 110 valence electrons. The van der Waals surface area contributed by atoms with E-state index in [0.29, 0.717) is 25.9 Å². The summed E-state index contributed by atoms with van der Waals surface area (Å²) in [5.74, 6) is -0.294. The number of hydrogen-bond acceptors (Lipinski definition) is 5. The monoisotopic (exact) mass is 291 g/mol. The van der Waals surface area contributed by atoms with E-state index in [1.54, 1.807) is 0 Å². The third kappa shape index (κ3) is 3.17. The molecule has 0 aromatic heterocycles. The molecule has 0 aromatic rings. The summed E-state index contributed by atoms with van der Waals surface area (Å²) in [4.78, 5) is 13.8. The van der Waals surface area contributed by atoms with Gasteiger partial charge in [-0.15, -0.1) is 0 Å². The Kier molecular flexibility index (Phi) is 4.44. The van der Waals surface area contributed by atoms with E-state index in [1.807, 2.05) is 0 Å². The van der Waals surface area contributed by atoms with Crippen molar-refractivity contribution in [3.63, 3.8) is 0 Å². The molecule has 0 unspecified atom stereocenters. The van der Waals surface area contributed by atoms with Crippen LogP contribution in [0, 0.1) is 5.92 Å². The Morgan fingerprint density at radius 2 is 1.84 bits per heavy atom. The number of piperidine rings is 1. The number of carbonyl (C=O) groups is 1. The summed E-state index contributed by atoms with van der Waals surface area (Å²) in [6, 6.07) is 0. The van der Waals surface area contributed by atoms with Crippen LogP contribution in [0.3, 0.4) is 0 Å². The lowest BCUT2D eigenvalue weighted by Crippen LogP contribution is -2.52. The van der Waals surface area contributed by atoms with Gasteiger partial charge in [-0.2, -0.15) is 0 Å². The predicted octanol–water partition coefficient (Wildman–Crippen LogP) is -0.205. The number of nitrogens with zero attached hydrogens (tertiary/aromatic N) is 2. The summed E-state index contributed by atoms with van der Waals surface area (Å²) in [6.45, 7) is 3.66. The van der Waals surface area contributed by atoms with Crippen LogP contribution in [0.5, 0.6) is 0 Å². The van der Waals surface area contributed by atoms with E-state index in [1.165, 1.54) is 18.7 Å². The maximum absolute atomic E-state index is 12.2. The first-order chi connectivity index (χ1) is 8.61. The Morgan fingerprint density at radius 1 is 1.37 bits per heavy atom. The van der Waals surface area contributed by atoms with Gasteiger partial charge in [0.05, 0.1) is 0 Å². The molecule has 0 atom stereocenters. The summed E-state index contributed by atoms with van der Waals surface area (Å²) < 4.78 is 21.9. The Balaban J connectivity index is 2.74. The summed E-state index contributed by atoms with van der Waals surface area (Å²) in [5, 5.41) is 11.6. The highest BCUT2D eigenvalue weighted by Crippen LogP contribution is 2.23. The molecule has 1 fully saturated rings. The lowest BCUT2D eigenvalue weighted by atomic mass is 9.95. The fourth-order valence-electron chi connectivity index (χ4n) is 2.00. The standard InChI is InChI=1S/C11H21N3O4S/c1-11(2,19(3,17)18)10(15)14-6-4-8(5-7-14)9(12)13-16/h8,16H,4-7H2,1-3H3,(H2,12,13). The normalized spacial score (nSPS) is 19.5. The van der Waals surface area contributed by atoms with Crippen molar-refractivity contribution in [1.29, 1.82) is 0 Å². The Morgan fingerprint density at radius 3 is 2.21 bits per heavy atom. The molecule has 1 rings (SSSR count). The molecule has 19 heavy (non-hydrogen) atoms. The molecule has 1 heterocycles. The van der Waals surface area contributed by atoms with Gasteiger partial charge in [-0.25, -0.2) is 8.42 Å². The zero-order chi connectivity index (χ0) is 14.8. The minimum atomic E-state index is -3.47. The fraction of sp³-hybridized carbons (Fsp3) is 0.818. The van der Waals surface area contributed by atoms with E-state index < -0.39 is 20.5 Å². The van der Waals surface area contributed by atoms with Crippen LogP contribution in [0.15, 0.2) is 5.16 Å². The molecule has 0 radical (unpaired) electrons. The molecule has 8 heteroatoms. The molecular weight excluding hydrogens is 270 g/mol.